The molecule has 1 aliphatic carbocycles. The van der Waals surface area contributed by atoms with Gasteiger partial charge in [0.1, 0.15) is 12.4 Å². The summed E-state index contributed by atoms with van der Waals surface area (Å²) in [7, 11) is 0. The van der Waals surface area contributed by atoms with E-state index in [9.17, 15) is 9.59 Å². The number of esters is 2. The molecule has 0 radical (unpaired) electrons. The number of anilines is 2. The second-order valence-corrected chi connectivity index (χ2v) is 7.74. The van der Waals surface area contributed by atoms with E-state index in [-0.39, 0.29) is 18.5 Å². The lowest BCUT2D eigenvalue weighted by atomic mass is 9.82. The molecule has 0 unspecified atom stereocenters. The second kappa shape index (κ2) is 10.5. The Labute approximate surface area is 182 Å². The SMILES string of the molecule is C=CC1CCC(C(=O)Oc2ccc(C=CC(=O)OCc3cc(N)ccc3N)cc2)CC1. The van der Waals surface area contributed by atoms with Crippen LogP contribution in [-0.4, -0.2) is 11.9 Å². The van der Waals surface area contributed by atoms with Gasteiger partial charge in [0, 0.05) is 23.0 Å². The Balaban J connectivity index is 1.47. The van der Waals surface area contributed by atoms with E-state index in [0.717, 1.165) is 31.2 Å². The van der Waals surface area contributed by atoms with Crippen LogP contribution in [0, 0.1) is 11.8 Å². The van der Waals surface area contributed by atoms with Crippen LogP contribution in [0.3, 0.4) is 0 Å². The summed E-state index contributed by atoms with van der Waals surface area (Å²) in [5.74, 6) is 0.264. The number of benzene rings is 2. The van der Waals surface area contributed by atoms with Crippen molar-refractivity contribution in [2.75, 3.05) is 11.5 Å². The maximum atomic E-state index is 12.4. The fourth-order valence-corrected chi connectivity index (χ4v) is 3.55. The Morgan fingerprint density at radius 1 is 1.03 bits per heavy atom. The summed E-state index contributed by atoms with van der Waals surface area (Å²) >= 11 is 0. The van der Waals surface area contributed by atoms with Crippen molar-refractivity contribution in [2.45, 2.75) is 32.3 Å². The minimum absolute atomic E-state index is 0.0453. The van der Waals surface area contributed by atoms with Gasteiger partial charge in [-0.05, 0) is 73.6 Å². The second-order valence-electron chi connectivity index (χ2n) is 7.74. The molecule has 1 saturated carbocycles. The largest absolute Gasteiger partial charge is 0.458 e. The molecule has 6 nitrogen and oxygen atoms in total. The Morgan fingerprint density at radius 2 is 1.74 bits per heavy atom. The molecule has 0 amide bonds. The highest BCUT2D eigenvalue weighted by molar-refractivity contribution is 5.87. The third kappa shape index (κ3) is 6.47. The molecule has 0 aliphatic heterocycles. The lowest BCUT2D eigenvalue weighted by Crippen LogP contribution is -2.25. The number of hydrogen-bond acceptors (Lipinski definition) is 6. The predicted octanol–water partition coefficient (Wildman–Crippen LogP) is 4.51. The van der Waals surface area contributed by atoms with E-state index in [4.69, 9.17) is 20.9 Å². The average molecular weight is 421 g/mol. The van der Waals surface area contributed by atoms with E-state index in [2.05, 4.69) is 6.58 Å². The summed E-state index contributed by atoms with van der Waals surface area (Å²) in [6, 6.07) is 12.0. The summed E-state index contributed by atoms with van der Waals surface area (Å²) in [6.07, 6.45) is 8.56. The first-order valence-electron chi connectivity index (χ1n) is 10.4. The van der Waals surface area contributed by atoms with Gasteiger partial charge >= 0.3 is 11.9 Å². The number of nitrogens with two attached hydrogens (primary N) is 2. The zero-order chi connectivity index (χ0) is 22.2. The van der Waals surface area contributed by atoms with Gasteiger partial charge in [0.05, 0.1) is 5.92 Å². The molecule has 4 N–H and O–H groups in total. The van der Waals surface area contributed by atoms with E-state index >= 15 is 0 Å². The van der Waals surface area contributed by atoms with Crippen LogP contribution in [-0.2, 0) is 20.9 Å². The van der Waals surface area contributed by atoms with Crippen LogP contribution in [0.5, 0.6) is 5.75 Å². The number of rotatable bonds is 7. The van der Waals surface area contributed by atoms with Gasteiger partial charge in [0.15, 0.2) is 0 Å². The molecule has 6 heteroatoms. The van der Waals surface area contributed by atoms with Gasteiger partial charge < -0.3 is 20.9 Å². The molecule has 2 aromatic rings. The van der Waals surface area contributed by atoms with Crippen molar-refractivity contribution in [3.05, 3.63) is 72.3 Å². The summed E-state index contributed by atoms with van der Waals surface area (Å²) in [4.78, 5) is 24.3. The van der Waals surface area contributed by atoms with Crippen molar-refractivity contribution in [3.63, 3.8) is 0 Å². The highest BCUT2D eigenvalue weighted by Gasteiger charge is 2.26. The quantitative estimate of drug-likeness (QED) is 0.225. The molecule has 31 heavy (non-hydrogen) atoms. The average Bonchev–Trinajstić information content (AvgIpc) is 2.79. The number of carbonyl (C=O) groups excluding carboxylic acids is 2. The predicted molar refractivity (Wildman–Crippen MR) is 122 cm³/mol. The molecular formula is C25H28N2O4. The van der Waals surface area contributed by atoms with Crippen molar-refractivity contribution in [1.82, 2.24) is 0 Å². The molecule has 1 aliphatic rings. The summed E-state index contributed by atoms with van der Waals surface area (Å²) < 4.78 is 10.7. The van der Waals surface area contributed by atoms with Crippen molar-refractivity contribution < 1.29 is 19.1 Å². The van der Waals surface area contributed by atoms with Crippen LogP contribution < -0.4 is 16.2 Å². The van der Waals surface area contributed by atoms with E-state index in [1.807, 2.05) is 6.08 Å². The number of allylic oxidation sites excluding steroid dienone is 1. The number of hydrogen-bond donors (Lipinski definition) is 2. The number of nitrogen functional groups attached to an aromatic ring is 2. The monoisotopic (exact) mass is 420 g/mol. The Kier molecular flexibility index (Phi) is 7.49. The first kappa shape index (κ1) is 22.2. The van der Waals surface area contributed by atoms with Crippen molar-refractivity contribution in [3.8, 4) is 5.75 Å². The first-order chi connectivity index (χ1) is 14.9. The molecule has 0 aromatic heterocycles. The first-order valence-corrected chi connectivity index (χ1v) is 10.4. The molecule has 0 saturated heterocycles. The zero-order valence-electron chi connectivity index (χ0n) is 17.5. The lowest BCUT2D eigenvalue weighted by molar-refractivity contribution is -0.140. The van der Waals surface area contributed by atoms with Gasteiger partial charge in [-0.1, -0.05) is 18.2 Å². The van der Waals surface area contributed by atoms with Crippen LogP contribution in [0.15, 0.2) is 61.2 Å². The fourth-order valence-electron chi connectivity index (χ4n) is 3.55. The van der Waals surface area contributed by atoms with Gasteiger partial charge in [-0.2, -0.15) is 0 Å². The summed E-state index contributed by atoms with van der Waals surface area (Å²) in [5, 5.41) is 0. The molecule has 0 heterocycles. The molecule has 3 rings (SSSR count). The number of ether oxygens (including phenoxy) is 2. The van der Waals surface area contributed by atoms with Crippen molar-refractivity contribution in [2.24, 2.45) is 11.8 Å². The maximum absolute atomic E-state index is 12.4. The highest BCUT2D eigenvalue weighted by atomic mass is 16.5. The van der Waals surface area contributed by atoms with Gasteiger partial charge in [-0.15, -0.1) is 6.58 Å². The van der Waals surface area contributed by atoms with Crippen LogP contribution in [0.1, 0.15) is 36.8 Å². The van der Waals surface area contributed by atoms with E-state index in [0.29, 0.717) is 28.6 Å². The van der Waals surface area contributed by atoms with Gasteiger partial charge in [0.2, 0.25) is 0 Å². The standard InChI is InChI=1S/C25H28N2O4/c1-2-17-3-8-19(9-4-17)25(29)31-22-11-5-18(6-12-22)7-14-24(28)30-16-20-15-21(26)10-13-23(20)27/h2,5-7,10-15,17,19H,1,3-4,8-9,16,26-27H2. The molecular weight excluding hydrogens is 392 g/mol. The molecule has 0 spiro atoms. The summed E-state index contributed by atoms with van der Waals surface area (Å²) in [5.41, 5.74) is 14.1. The Morgan fingerprint density at radius 3 is 2.42 bits per heavy atom. The lowest BCUT2D eigenvalue weighted by Gasteiger charge is -2.24. The minimum atomic E-state index is -0.493. The fraction of sp³-hybridized carbons (Fsp3) is 0.280. The number of carbonyl (C=O) groups is 2. The van der Waals surface area contributed by atoms with E-state index in [1.165, 1.54) is 6.08 Å². The maximum Gasteiger partial charge on any atom is 0.331 e. The van der Waals surface area contributed by atoms with Crippen molar-refractivity contribution >= 4 is 29.4 Å². The molecule has 162 valence electrons. The zero-order valence-corrected chi connectivity index (χ0v) is 17.5. The van der Waals surface area contributed by atoms with E-state index < -0.39 is 5.97 Å². The molecule has 0 atom stereocenters. The normalized spacial score (nSPS) is 18.5. The van der Waals surface area contributed by atoms with Crippen molar-refractivity contribution in [1.29, 1.82) is 0 Å². The Hall–Kier alpha value is -3.54. The van der Waals surface area contributed by atoms with Crippen LogP contribution in [0.25, 0.3) is 6.08 Å². The van der Waals surface area contributed by atoms with Gasteiger partial charge in [0.25, 0.3) is 0 Å². The summed E-state index contributed by atoms with van der Waals surface area (Å²) in [6.45, 7) is 3.87. The minimum Gasteiger partial charge on any atom is -0.458 e. The molecule has 0 bridgehead atoms. The smallest absolute Gasteiger partial charge is 0.331 e. The van der Waals surface area contributed by atoms with Gasteiger partial charge in [-0.25, -0.2) is 4.79 Å². The third-order valence-corrected chi connectivity index (χ3v) is 5.49. The topological polar surface area (TPSA) is 105 Å². The third-order valence-electron chi connectivity index (χ3n) is 5.49. The van der Waals surface area contributed by atoms with Crippen LogP contribution in [0.2, 0.25) is 0 Å². The highest BCUT2D eigenvalue weighted by Crippen LogP contribution is 2.30. The molecule has 1 fully saturated rings. The van der Waals surface area contributed by atoms with Crippen LogP contribution in [0.4, 0.5) is 11.4 Å². The van der Waals surface area contributed by atoms with E-state index in [1.54, 1.807) is 48.5 Å². The van der Waals surface area contributed by atoms with Gasteiger partial charge in [-0.3, -0.25) is 4.79 Å². The molecule has 2 aromatic carbocycles. The van der Waals surface area contributed by atoms with Crippen LogP contribution >= 0.6 is 0 Å². The Bertz CT molecular complexity index is 958.